The molecule has 0 spiro atoms. The van der Waals surface area contributed by atoms with Crippen LogP contribution in [0, 0.1) is 11.3 Å². The van der Waals surface area contributed by atoms with Gasteiger partial charge in [0.2, 0.25) is 0 Å². The molecule has 0 aliphatic carbocycles. The molecule has 0 amide bonds. The van der Waals surface area contributed by atoms with Gasteiger partial charge in [-0.05, 0) is 18.4 Å². The molecule has 0 saturated carbocycles. The van der Waals surface area contributed by atoms with E-state index < -0.39 is 0 Å². The molecule has 0 aromatic heterocycles. The third kappa shape index (κ3) is 14.7. The van der Waals surface area contributed by atoms with E-state index in [-0.39, 0.29) is 0 Å². The van der Waals surface area contributed by atoms with Crippen LogP contribution in [-0.2, 0) is 6.42 Å². The molecule has 1 nitrogen and oxygen atoms in total. The summed E-state index contributed by atoms with van der Waals surface area (Å²) in [4.78, 5) is 0. The third-order valence-electron chi connectivity index (χ3n) is 2.14. The van der Waals surface area contributed by atoms with Crippen LogP contribution in [0.25, 0.3) is 0 Å². The highest BCUT2D eigenvalue weighted by molar-refractivity contribution is 5.13. The molecular formula is C16H27N. The summed E-state index contributed by atoms with van der Waals surface area (Å²) in [6.45, 7) is 8.30. The van der Waals surface area contributed by atoms with Gasteiger partial charge < -0.3 is 0 Å². The van der Waals surface area contributed by atoms with E-state index in [0.717, 1.165) is 19.3 Å². The fourth-order valence-electron chi connectivity index (χ4n) is 1.17. The summed E-state index contributed by atoms with van der Waals surface area (Å²) in [6, 6.07) is 12.6. The quantitative estimate of drug-likeness (QED) is 0.642. The summed E-state index contributed by atoms with van der Waals surface area (Å²) in [5.74, 6) is 0. The summed E-state index contributed by atoms with van der Waals surface area (Å²) >= 11 is 0. The first-order chi connectivity index (χ1) is 8.35. The topological polar surface area (TPSA) is 23.8 Å². The Morgan fingerprint density at radius 3 is 1.94 bits per heavy atom. The Balaban J connectivity index is 0. The van der Waals surface area contributed by atoms with E-state index in [9.17, 15) is 0 Å². The molecule has 0 fully saturated rings. The second kappa shape index (κ2) is 17.1. The molecule has 0 atom stereocenters. The normalized spacial score (nSPS) is 7.94. The number of aryl methyl sites for hydroxylation is 1. The number of unbranched alkanes of at least 4 members (excludes halogenated alkanes) is 3. The Morgan fingerprint density at radius 2 is 1.59 bits per heavy atom. The van der Waals surface area contributed by atoms with Crippen molar-refractivity contribution in [2.24, 2.45) is 0 Å². The Morgan fingerprint density at radius 1 is 1.00 bits per heavy atom. The zero-order valence-corrected chi connectivity index (χ0v) is 11.9. The van der Waals surface area contributed by atoms with Crippen LogP contribution in [0.3, 0.4) is 0 Å². The van der Waals surface area contributed by atoms with Crippen molar-refractivity contribution in [1.29, 1.82) is 5.26 Å². The Kier molecular flexibility index (Phi) is 18.2. The highest BCUT2D eigenvalue weighted by atomic mass is 14.2. The maximum absolute atomic E-state index is 8.04. The Hall–Kier alpha value is -1.29. The number of rotatable bonds is 4. The first-order valence-electron chi connectivity index (χ1n) is 6.76. The van der Waals surface area contributed by atoms with E-state index in [2.05, 4.69) is 44.2 Å². The van der Waals surface area contributed by atoms with E-state index in [1.165, 1.54) is 18.4 Å². The van der Waals surface area contributed by atoms with Gasteiger partial charge in [-0.2, -0.15) is 5.26 Å². The summed E-state index contributed by atoms with van der Waals surface area (Å²) < 4.78 is 0. The predicted octanol–water partition coefficient (Wildman–Crippen LogP) is 5.37. The van der Waals surface area contributed by atoms with Gasteiger partial charge in [-0.15, -0.1) is 0 Å². The van der Waals surface area contributed by atoms with Gasteiger partial charge in [0.25, 0.3) is 0 Å². The monoisotopic (exact) mass is 233 g/mol. The molecular weight excluding hydrogens is 206 g/mol. The van der Waals surface area contributed by atoms with Crippen molar-refractivity contribution < 1.29 is 0 Å². The van der Waals surface area contributed by atoms with E-state index in [4.69, 9.17) is 5.26 Å². The molecule has 17 heavy (non-hydrogen) atoms. The molecule has 0 N–H and O–H groups in total. The van der Waals surface area contributed by atoms with Gasteiger partial charge >= 0.3 is 0 Å². The van der Waals surface area contributed by atoms with Crippen LogP contribution in [-0.4, -0.2) is 0 Å². The van der Waals surface area contributed by atoms with Gasteiger partial charge in [0.15, 0.2) is 0 Å². The van der Waals surface area contributed by atoms with Crippen molar-refractivity contribution in [3.8, 4) is 6.07 Å². The minimum absolute atomic E-state index is 0.730. The van der Waals surface area contributed by atoms with Crippen LogP contribution >= 0.6 is 0 Å². The first kappa shape index (κ1) is 18.1. The van der Waals surface area contributed by atoms with Gasteiger partial charge in [-0.25, -0.2) is 0 Å². The molecule has 1 aromatic rings. The minimum Gasteiger partial charge on any atom is -0.198 e. The van der Waals surface area contributed by atoms with Crippen molar-refractivity contribution >= 4 is 0 Å². The van der Waals surface area contributed by atoms with Crippen LogP contribution in [0.5, 0.6) is 0 Å². The maximum atomic E-state index is 8.04. The van der Waals surface area contributed by atoms with Crippen molar-refractivity contribution in [2.45, 2.75) is 59.8 Å². The van der Waals surface area contributed by atoms with Gasteiger partial charge in [0.05, 0.1) is 6.07 Å². The van der Waals surface area contributed by atoms with Crippen LogP contribution in [0.1, 0.15) is 58.9 Å². The zero-order chi connectivity index (χ0) is 13.4. The number of benzene rings is 1. The van der Waals surface area contributed by atoms with Gasteiger partial charge in [0, 0.05) is 6.42 Å². The summed E-state index contributed by atoms with van der Waals surface area (Å²) in [7, 11) is 0. The van der Waals surface area contributed by atoms with Gasteiger partial charge in [-0.3, -0.25) is 0 Å². The van der Waals surface area contributed by atoms with Crippen molar-refractivity contribution in [2.75, 3.05) is 0 Å². The summed E-state index contributed by atoms with van der Waals surface area (Å²) in [5.41, 5.74) is 1.41. The number of hydrogen-bond acceptors (Lipinski definition) is 1. The molecule has 0 radical (unpaired) electrons. The SMILES string of the molecule is CC.CCCCCC#N.CCc1ccccc1. The van der Waals surface area contributed by atoms with E-state index in [1.807, 2.05) is 19.9 Å². The molecule has 0 bridgehead atoms. The molecule has 1 heteroatoms. The second-order valence-corrected chi connectivity index (χ2v) is 3.45. The largest absolute Gasteiger partial charge is 0.198 e. The van der Waals surface area contributed by atoms with Gasteiger partial charge in [-0.1, -0.05) is 70.9 Å². The zero-order valence-electron chi connectivity index (χ0n) is 11.9. The molecule has 1 aromatic carbocycles. The minimum atomic E-state index is 0.730. The Bertz CT molecular complexity index is 259. The van der Waals surface area contributed by atoms with Crippen molar-refractivity contribution in [3.05, 3.63) is 35.9 Å². The highest BCUT2D eigenvalue weighted by Crippen LogP contribution is 1.97. The van der Waals surface area contributed by atoms with Crippen LogP contribution in [0.4, 0.5) is 0 Å². The van der Waals surface area contributed by atoms with E-state index in [0.29, 0.717) is 0 Å². The van der Waals surface area contributed by atoms with Crippen LogP contribution in [0.15, 0.2) is 30.3 Å². The lowest BCUT2D eigenvalue weighted by Gasteiger charge is -1.89. The lowest BCUT2D eigenvalue weighted by molar-refractivity contribution is 0.734. The van der Waals surface area contributed by atoms with E-state index in [1.54, 1.807) is 0 Å². The molecule has 0 aliphatic heterocycles. The lowest BCUT2D eigenvalue weighted by Crippen LogP contribution is -1.73. The maximum Gasteiger partial charge on any atom is 0.0621 e. The number of nitrogens with zero attached hydrogens (tertiary/aromatic N) is 1. The van der Waals surface area contributed by atoms with Crippen molar-refractivity contribution in [3.63, 3.8) is 0 Å². The summed E-state index contributed by atoms with van der Waals surface area (Å²) in [6.07, 6.45) is 5.36. The molecule has 0 saturated heterocycles. The predicted molar refractivity (Wildman–Crippen MR) is 76.9 cm³/mol. The Labute approximate surface area is 107 Å². The molecule has 0 heterocycles. The second-order valence-electron chi connectivity index (χ2n) is 3.45. The highest BCUT2D eigenvalue weighted by Gasteiger charge is 1.80. The summed E-state index contributed by atoms with van der Waals surface area (Å²) in [5, 5.41) is 8.04. The average Bonchev–Trinajstić information content (AvgIpc) is 2.43. The standard InChI is InChI=1S/C8H10.C6H11N.C2H6/c1-2-8-6-4-3-5-7-8;1-2-3-4-5-6-7;1-2/h3-7H,2H2,1H3;2-5H2,1H3;1-2H3. The fraction of sp³-hybridized carbons (Fsp3) is 0.562. The van der Waals surface area contributed by atoms with Crippen LogP contribution < -0.4 is 0 Å². The number of nitriles is 1. The fourth-order valence-corrected chi connectivity index (χ4v) is 1.17. The molecule has 96 valence electrons. The molecule has 0 unspecified atom stereocenters. The van der Waals surface area contributed by atoms with Crippen molar-refractivity contribution in [1.82, 2.24) is 0 Å². The lowest BCUT2D eigenvalue weighted by atomic mass is 10.2. The van der Waals surface area contributed by atoms with Crippen LogP contribution in [0.2, 0.25) is 0 Å². The number of hydrogen-bond donors (Lipinski definition) is 0. The van der Waals surface area contributed by atoms with Gasteiger partial charge in [0.1, 0.15) is 0 Å². The molecule has 0 aliphatic rings. The first-order valence-corrected chi connectivity index (χ1v) is 6.76. The third-order valence-corrected chi connectivity index (χ3v) is 2.14. The van der Waals surface area contributed by atoms with E-state index >= 15 is 0 Å². The smallest absolute Gasteiger partial charge is 0.0621 e. The molecule has 1 rings (SSSR count). The average molecular weight is 233 g/mol.